The molecule has 1 aromatic carbocycles. The molecule has 0 radical (unpaired) electrons. The van der Waals surface area contributed by atoms with Crippen molar-refractivity contribution in [3.05, 3.63) is 39.4 Å². The third-order valence-corrected chi connectivity index (χ3v) is 2.23. The summed E-state index contributed by atoms with van der Waals surface area (Å²) in [6.07, 6.45) is -0.655. The Kier molecular flexibility index (Phi) is 4.17. The number of aliphatic hydroxyl groups excluding tert-OH is 1. The first-order chi connectivity index (χ1) is 7.91. The number of nitrogens with zero attached hydrogens (tertiary/aromatic N) is 1. The number of nitro groups is 1. The Morgan fingerprint density at radius 1 is 1.59 bits per heavy atom. The summed E-state index contributed by atoms with van der Waals surface area (Å²) in [6, 6.07) is 4.10. The van der Waals surface area contributed by atoms with E-state index in [0.717, 1.165) is 0 Å². The molecule has 1 aromatic rings. The minimum atomic E-state index is -0.655. The van der Waals surface area contributed by atoms with Gasteiger partial charge in [-0.05, 0) is 19.4 Å². The minimum Gasteiger partial charge on any atom is -0.392 e. The zero-order chi connectivity index (χ0) is 13.0. The van der Waals surface area contributed by atoms with E-state index < -0.39 is 16.9 Å². The molecule has 2 N–H and O–H groups in total. The van der Waals surface area contributed by atoms with Crippen molar-refractivity contribution in [3.8, 4) is 0 Å². The van der Waals surface area contributed by atoms with Crippen molar-refractivity contribution in [2.45, 2.75) is 20.0 Å². The molecule has 0 saturated carbocycles. The first kappa shape index (κ1) is 13.1. The molecule has 0 unspecified atom stereocenters. The number of nitro benzene ring substituents is 1. The largest absolute Gasteiger partial charge is 0.392 e. The lowest BCUT2D eigenvalue weighted by Crippen LogP contribution is -2.31. The molecular formula is C11H14N2O4. The van der Waals surface area contributed by atoms with Crippen molar-refractivity contribution in [2.75, 3.05) is 6.54 Å². The predicted octanol–water partition coefficient (Wildman–Crippen LogP) is 1.01. The van der Waals surface area contributed by atoms with Gasteiger partial charge in [0, 0.05) is 24.2 Å². The Balaban J connectivity index is 2.92. The number of hydrogen-bond acceptors (Lipinski definition) is 4. The van der Waals surface area contributed by atoms with Gasteiger partial charge in [-0.15, -0.1) is 0 Å². The van der Waals surface area contributed by atoms with Crippen LogP contribution in [0.1, 0.15) is 22.8 Å². The predicted molar refractivity (Wildman–Crippen MR) is 61.8 cm³/mol. The van der Waals surface area contributed by atoms with Crippen LogP contribution in [0.3, 0.4) is 0 Å². The Labute approximate surface area is 98.4 Å². The van der Waals surface area contributed by atoms with Crippen LogP contribution in [0, 0.1) is 17.0 Å². The van der Waals surface area contributed by atoms with E-state index in [1.54, 1.807) is 13.8 Å². The van der Waals surface area contributed by atoms with Gasteiger partial charge in [0.2, 0.25) is 0 Å². The molecule has 6 nitrogen and oxygen atoms in total. The molecule has 0 heterocycles. The third-order valence-electron chi connectivity index (χ3n) is 2.23. The highest BCUT2D eigenvalue weighted by atomic mass is 16.6. The normalized spacial score (nSPS) is 11.9. The fourth-order valence-corrected chi connectivity index (χ4v) is 1.30. The van der Waals surface area contributed by atoms with Crippen molar-refractivity contribution in [1.29, 1.82) is 0 Å². The first-order valence-electron chi connectivity index (χ1n) is 5.13. The molecule has 1 atom stereocenters. The summed E-state index contributed by atoms with van der Waals surface area (Å²) >= 11 is 0. The molecule has 1 rings (SSSR count). The maximum absolute atomic E-state index is 11.7. The molecule has 17 heavy (non-hydrogen) atoms. The lowest BCUT2D eigenvalue weighted by atomic mass is 10.1. The standard InChI is InChI=1S/C11H14N2O4/c1-7-3-4-9(13(16)17)5-10(7)11(15)12-6-8(2)14/h3-5,8,14H,6H2,1-2H3,(H,12,15)/t8-/m1/s1. The van der Waals surface area contributed by atoms with Crippen LogP contribution in [0.25, 0.3) is 0 Å². The van der Waals surface area contributed by atoms with Crippen LogP contribution in [-0.2, 0) is 0 Å². The topological polar surface area (TPSA) is 92.5 Å². The Bertz CT molecular complexity index is 443. The Hall–Kier alpha value is -1.95. The van der Waals surface area contributed by atoms with Crippen molar-refractivity contribution in [1.82, 2.24) is 5.32 Å². The zero-order valence-corrected chi connectivity index (χ0v) is 9.64. The van der Waals surface area contributed by atoms with E-state index in [0.29, 0.717) is 5.56 Å². The smallest absolute Gasteiger partial charge is 0.270 e. The van der Waals surface area contributed by atoms with Crippen molar-refractivity contribution < 1.29 is 14.8 Å². The van der Waals surface area contributed by atoms with Gasteiger partial charge < -0.3 is 10.4 Å². The summed E-state index contributed by atoms with van der Waals surface area (Å²) in [5.74, 6) is -0.424. The summed E-state index contributed by atoms with van der Waals surface area (Å²) in [5, 5.41) is 22.1. The second-order valence-corrected chi connectivity index (χ2v) is 3.82. The maximum Gasteiger partial charge on any atom is 0.270 e. The number of aryl methyl sites for hydroxylation is 1. The van der Waals surface area contributed by atoms with E-state index in [9.17, 15) is 14.9 Å². The molecule has 0 aliphatic carbocycles. The minimum absolute atomic E-state index is 0.112. The number of carbonyl (C=O) groups excluding carboxylic acids is 1. The SMILES string of the molecule is Cc1ccc([N+](=O)[O-])cc1C(=O)NC[C@@H](C)O. The Morgan fingerprint density at radius 3 is 2.76 bits per heavy atom. The second kappa shape index (κ2) is 5.40. The van der Waals surface area contributed by atoms with Gasteiger partial charge in [-0.3, -0.25) is 14.9 Å². The lowest BCUT2D eigenvalue weighted by molar-refractivity contribution is -0.384. The average Bonchev–Trinajstić information content (AvgIpc) is 2.26. The molecule has 0 aromatic heterocycles. The van der Waals surface area contributed by atoms with E-state index in [-0.39, 0.29) is 17.8 Å². The summed E-state index contributed by atoms with van der Waals surface area (Å²) in [7, 11) is 0. The van der Waals surface area contributed by atoms with Crippen molar-refractivity contribution in [2.24, 2.45) is 0 Å². The molecule has 0 saturated heterocycles. The van der Waals surface area contributed by atoms with E-state index in [4.69, 9.17) is 5.11 Å². The first-order valence-corrected chi connectivity index (χ1v) is 5.13. The highest BCUT2D eigenvalue weighted by Gasteiger charge is 2.14. The molecule has 1 amide bonds. The molecule has 0 bridgehead atoms. The van der Waals surface area contributed by atoms with E-state index >= 15 is 0 Å². The van der Waals surface area contributed by atoms with Crippen LogP contribution in [0.4, 0.5) is 5.69 Å². The van der Waals surface area contributed by atoms with Crippen LogP contribution in [-0.4, -0.2) is 28.6 Å². The molecule has 0 spiro atoms. The summed E-state index contributed by atoms with van der Waals surface area (Å²) in [5.41, 5.74) is 0.774. The third kappa shape index (κ3) is 3.53. The number of rotatable bonds is 4. The van der Waals surface area contributed by atoms with E-state index in [1.807, 2.05) is 0 Å². The van der Waals surface area contributed by atoms with Gasteiger partial charge in [0.25, 0.3) is 11.6 Å². The zero-order valence-electron chi connectivity index (χ0n) is 9.64. The Morgan fingerprint density at radius 2 is 2.24 bits per heavy atom. The van der Waals surface area contributed by atoms with Gasteiger partial charge in [0.1, 0.15) is 0 Å². The molecule has 0 fully saturated rings. The number of hydrogen-bond donors (Lipinski definition) is 2. The number of amides is 1. The summed E-state index contributed by atoms with van der Waals surface area (Å²) < 4.78 is 0. The summed E-state index contributed by atoms with van der Waals surface area (Å²) in [4.78, 5) is 21.7. The van der Waals surface area contributed by atoms with Gasteiger partial charge in [-0.2, -0.15) is 0 Å². The van der Waals surface area contributed by atoms with Crippen LogP contribution < -0.4 is 5.32 Å². The number of non-ortho nitro benzene ring substituents is 1. The average molecular weight is 238 g/mol. The fraction of sp³-hybridized carbons (Fsp3) is 0.364. The highest BCUT2D eigenvalue weighted by Crippen LogP contribution is 2.17. The van der Waals surface area contributed by atoms with Gasteiger partial charge in [-0.25, -0.2) is 0 Å². The van der Waals surface area contributed by atoms with Gasteiger partial charge in [0.05, 0.1) is 11.0 Å². The van der Waals surface area contributed by atoms with Crippen LogP contribution in [0.5, 0.6) is 0 Å². The van der Waals surface area contributed by atoms with Crippen molar-refractivity contribution in [3.63, 3.8) is 0 Å². The highest BCUT2D eigenvalue weighted by molar-refractivity contribution is 5.96. The van der Waals surface area contributed by atoms with Crippen molar-refractivity contribution >= 4 is 11.6 Å². The summed E-state index contributed by atoms with van der Waals surface area (Å²) in [6.45, 7) is 3.35. The van der Waals surface area contributed by atoms with Gasteiger partial charge in [-0.1, -0.05) is 6.07 Å². The number of aliphatic hydroxyl groups is 1. The number of carbonyl (C=O) groups is 1. The van der Waals surface area contributed by atoms with Crippen LogP contribution in [0.15, 0.2) is 18.2 Å². The molecule has 6 heteroatoms. The van der Waals surface area contributed by atoms with E-state index in [1.165, 1.54) is 18.2 Å². The number of benzene rings is 1. The maximum atomic E-state index is 11.7. The lowest BCUT2D eigenvalue weighted by Gasteiger charge is -2.08. The molecule has 92 valence electrons. The quantitative estimate of drug-likeness (QED) is 0.605. The van der Waals surface area contributed by atoms with Crippen LogP contribution >= 0.6 is 0 Å². The second-order valence-electron chi connectivity index (χ2n) is 3.82. The number of nitrogens with one attached hydrogen (secondary N) is 1. The van der Waals surface area contributed by atoms with E-state index in [2.05, 4.69) is 5.32 Å². The fourth-order valence-electron chi connectivity index (χ4n) is 1.30. The van der Waals surface area contributed by atoms with Gasteiger partial charge in [0.15, 0.2) is 0 Å². The van der Waals surface area contributed by atoms with Gasteiger partial charge >= 0.3 is 0 Å². The molecule has 0 aliphatic rings. The molecule has 0 aliphatic heterocycles. The molecular weight excluding hydrogens is 224 g/mol. The van der Waals surface area contributed by atoms with Crippen LogP contribution in [0.2, 0.25) is 0 Å². The monoisotopic (exact) mass is 238 g/mol.